The van der Waals surface area contributed by atoms with Crippen LogP contribution in [0.3, 0.4) is 0 Å². The first-order chi connectivity index (χ1) is 13.3. The van der Waals surface area contributed by atoms with Gasteiger partial charge >= 0.3 is 0 Å². The third-order valence-corrected chi connectivity index (χ3v) is 5.73. The van der Waals surface area contributed by atoms with Gasteiger partial charge in [-0.15, -0.1) is 12.4 Å². The molecular formula is C20H21ClN4O3. The molecule has 0 spiro atoms. The maximum Gasteiger partial charge on any atom is 0.293 e. The number of likely N-dealkylation sites (tertiary alicyclic amines) is 1. The van der Waals surface area contributed by atoms with E-state index in [4.69, 9.17) is 9.26 Å². The highest BCUT2D eigenvalue weighted by Gasteiger charge is 2.47. The number of carbonyl (C=O) groups is 1. The molecule has 0 saturated carbocycles. The first-order valence-corrected chi connectivity index (χ1v) is 9.12. The van der Waals surface area contributed by atoms with Gasteiger partial charge in [0.15, 0.2) is 0 Å². The number of nitrogens with one attached hydrogen (secondary N) is 1. The second kappa shape index (κ2) is 7.41. The SMILES string of the molecule is COc1ccc([C@@H]2[C@H]3CNC[C@H]3CN2C(=O)c2onc3ncccc23)cc1.Cl. The van der Waals surface area contributed by atoms with Gasteiger partial charge in [-0.2, -0.15) is 0 Å². The van der Waals surface area contributed by atoms with Crippen LogP contribution in [0.15, 0.2) is 47.1 Å². The van der Waals surface area contributed by atoms with E-state index in [2.05, 4.69) is 15.5 Å². The van der Waals surface area contributed by atoms with Crippen molar-refractivity contribution in [2.75, 3.05) is 26.7 Å². The molecule has 4 heterocycles. The average molecular weight is 401 g/mol. The number of hydrogen-bond donors (Lipinski definition) is 1. The second-order valence-electron chi connectivity index (χ2n) is 7.14. The Hall–Kier alpha value is -2.64. The predicted molar refractivity (Wildman–Crippen MR) is 106 cm³/mol. The van der Waals surface area contributed by atoms with Crippen molar-refractivity contribution in [3.05, 3.63) is 53.9 Å². The normalized spacial score (nSPS) is 23.5. The van der Waals surface area contributed by atoms with E-state index in [9.17, 15) is 4.79 Å². The number of hydrogen-bond acceptors (Lipinski definition) is 6. The Balaban J connectivity index is 0.00000192. The van der Waals surface area contributed by atoms with Crippen LogP contribution in [0.2, 0.25) is 0 Å². The largest absolute Gasteiger partial charge is 0.497 e. The highest BCUT2D eigenvalue weighted by atomic mass is 35.5. The smallest absolute Gasteiger partial charge is 0.293 e. The summed E-state index contributed by atoms with van der Waals surface area (Å²) in [6.45, 7) is 2.54. The molecule has 2 aliphatic rings. The molecule has 0 bridgehead atoms. The summed E-state index contributed by atoms with van der Waals surface area (Å²) in [6, 6.07) is 11.6. The Morgan fingerprint density at radius 2 is 2.07 bits per heavy atom. The molecule has 1 amide bonds. The number of methoxy groups -OCH3 is 1. The molecule has 0 aliphatic carbocycles. The Bertz CT molecular complexity index is 991. The van der Waals surface area contributed by atoms with Gasteiger partial charge in [0, 0.05) is 31.7 Å². The van der Waals surface area contributed by atoms with Crippen molar-refractivity contribution in [1.29, 1.82) is 0 Å². The lowest BCUT2D eigenvalue weighted by molar-refractivity contribution is 0.0674. The number of halogens is 1. The third-order valence-electron chi connectivity index (χ3n) is 5.73. The molecule has 2 aliphatic heterocycles. The van der Waals surface area contributed by atoms with Crippen LogP contribution in [0.1, 0.15) is 22.2 Å². The Kier molecular flexibility index (Phi) is 4.95. The van der Waals surface area contributed by atoms with Crippen LogP contribution < -0.4 is 10.1 Å². The van der Waals surface area contributed by atoms with Crippen molar-refractivity contribution >= 4 is 29.3 Å². The number of rotatable bonds is 3. The molecule has 2 aromatic heterocycles. The van der Waals surface area contributed by atoms with Gasteiger partial charge in [-0.25, -0.2) is 4.98 Å². The maximum absolute atomic E-state index is 13.4. The summed E-state index contributed by atoms with van der Waals surface area (Å²) in [5.41, 5.74) is 1.57. The molecule has 0 radical (unpaired) electrons. The van der Waals surface area contributed by atoms with E-state index in [1.807, 2.05) is 35.2 Å². The first kappa shape index (κ1) is 18.7. The maximum atomic E-state index is 13.4. The zero-order chi connectivity index (χ0) is 18.4. The van der Waals surface area contributed by atoms with Crippen LogP contribution in [0, 0.1) is 11.8 Å². The number of benzene rings is 1. The summed E-state index contributed by atoms with van der Waals surface area (Å²) in [4.78, 5) is 19.5. The van der Waals surface area contributed by atoms with E-state index in [-0.39, 0.29) is 30.1 Å². The third kappa shape index (κ3) is 2.91. The molecule has 2 saturated heterocycles. The number of fused-ring (bicyclic) bond motifs is 2. The molecule has 1 aromatic carbocycles. The summed E-state index contributed by atoms with van der Waals surface area (Å²) in [7, 11) is 1.65. The fourth-order valence-electron chi connectivity index (χ4n) is 4.43. The van der Waals surface area contributed by atoms with E-state index in [0.717, 1.165) is 24.4 Å². The minimum absolute atomic E-state index is 0. The van der Waals surface area contributed by atoms with Gasteiger partial charge in [-0.3, -0.25) is 4.79 Å². The topological polar surface area (TPSA) is 80.5 Å². The molecule has 2 fully saturated rings. The summed E-state index contributed by atoms with van der Waals surface area (Å²) in [6.07, 6.45) is 1.64. The quantitative estimate of drug-likeness (QED) is 0.728. The number of amides is 1. The second-order valence-corrected chi connectivity index (χ2v) is 7.14. The van der Waals surface area contributed by atoms with E-state index in [1.165, 1.54) is 0 Å². The zero-order valence-corrected chi connectivity index (χ0v) is 16.2. The van der Waals surface area contributed by atoms with Crippen LogP contribution in [-0.4, -0.2) is 47.7 Å². The molecule has 3 aromatic rings. The van der Waals surface area contributed by atoms with Crippen LogP contribution in [0.25, 0.3) is 11.0 Å². The van der Waals surface area contributed by atoms with Crippen molar-refractivity contribution in [1.82, 2.24) is 20.4 Å². The molecule has 146 valence electrons. The average Bonchev–Trinajstić information content (AvgIpc) is 3.41. The van der Waals surface area contributed by atoms with Crippen LogP contribution in [0.4, 0.5) is 0 Å². The standard InChI is InChI=1S/C20H20N4O3.ClH/c1-26-14-6-4-12(5-7-14)17-16-10-21-9-13(16)11-24(17)20(25)18-15-3-2-8-22-19(15)23-27-18;/h2-8,13,16-17,21H,9-11H2,1H3;1H/t13-,16-,17+;/m0./s1. The van der Waals surface area contributed by atoms with E-state index in [0.29, 0.717) is 29.4 Å². The highest BCUT2D eigenvalue weighted by molar-refractivity contribution is 6.03. The molecule has 5 rings (SSSR count). The van der Waals surface area contributed by atoms with Crippen LogP contribution in [-0.2, 0) is 0 Å². The van der Waals surface area contributed by atoms with Gasteiger partial charge in [-0.05, 0) is 35.7 Å². The minimum atomic E-state index is -0.124. The van der Waals surface area contributed by atoms with E-state index < -0.39 is 0 Å². The molecule has 0 unspecified atom stereocenters. The Morgan fingerprint density at radius 1 is 1.25 bits per heavy atom. The van der Waals surface area contributed by atoms with Crippen molar-refractivity contribution < 1.29 is 14.1 Å². The monoisotopic (exact) mass is 400 g/mol. The summed E-state index contributed by atoms with van der Waals surface area (Å²) >= 11 is 0. The summed E-state index contributed by atoms with van der Waals surface area (Å²) < 4.78 is 10.7. The number of pyridine rings is 1. The van der Waals surface area contributed by atoms with Gasteiger partial charge in [-0.1, -0.05) is 17.3 Å². The van der Waals surface area contributed by atoms with Crippen molar-refractivity contribution in [2.45, 2.75) is 6.04 Å². The van der Waals surface area contributed by atoms with Crippen molar-refractivity contribution in [3.8, 4) is 5.75 Å². The molecule has 28 heavy (non-hydrogen) atoms. The fraction of sp³-hybridized carbons (Fsp3) is 0.350. The fourth-order valence-corrected chi connectivity index (χ4v) is 4.43. The van der Waals surface area contributed by atoms with Gasteiger partial charge in [0.1, 0.15) is 5.75 Å². The Morgan fingerprint density at radius 3 is 2.86 bits per heavy atom. The van der Waals surface area contributed by atoms with Crippen molar-refractivity contribution in [3.63, 3.8) is 0 Å². The molecule has 1 N–H and O–H groups in total. The van der Waals surface area contributed by atoms with E-state index >= 15 is 0 Å². The number of nitrogens with zero attached hydrogens (tertiary/aromatic N) is 3. The number of ether oxygens (including phenoxy) is 1. The molecule has 8 heteroatoms. The number of aromatic nitrogens is 2. The summed E-state index contributed by atoms with van der Waals surface area (Å²) in [5.74, 6) is 1.77. The van der Waals surface area contributed by atoms with Crippen LogP contribution in [0.5, 0.6) is 5.75 Å². The molecular weight excluding hydrogens is 380 g/mol. The summed E-state index contributed by atoms with van der Waals surface area (Å²) in [5, 5.41) is 8.06. The van der Waals surface area contributed by atoms with Gasteiger partial charge < -0.3 is 19.5 Å². The van der Waals surface area contributed by atoms with Gasteiger partial charge in [0.05, 0.1) is 18.5 Å². The number of carbonyl (C=O) groups excluding carboxylic acids is 1. The molecule has 3 atom stereocenters. The zero-order valence-electron chi connectivity index (χ0n) is 15.4. The molecule has 7 nitrogen and oxygen atoms in total. The van der Waals surface area contributed by atoms with Gasteiger partial charge in [0.2, 0.25) is 11.4 Å². The van der Waals surface area contributed by atoms with Gasteiger partial charge in [0.25, 0.3) is 5.91 Å². The van der Waals surface area contributed by atoms with E-state index in [1.54, 1.807) is 19.4 Å². The van der Waals surface area contributed by atoms with Crippen LogP contribution >= 0.6 is 12.4 Å². The predicted octanol–water partition coefficient (Wildman–Crippen LogP) is 2.69. The first-order valence-electron chi connectivity index (χ1n) is 9.12. The lowest BCUT2D eigenvalue weighted by atomic mass is 9.89. The van der Waals surface area contributed by atoms with Crippen molar-refractivity contribution in [2.24, 2.45) is 11.8 Å². The Labute approximate surface area is 168 Å². The minimum Gasteiger partial charge on any atom is -0.497 e. The lowest BCUT2D eigenvalue weighted by Crippen LogP contribution is -2.34. The highest BCUT2D eigenvalue weighted by Crippen LogP contribution is 2.43. The lowest BCUT2D eigenvalue weighted by Gasteiger charge is -2.27.